The van der Waals surface area contributed by atoms with Crippen molar-refractivity contribution in [1.29, 1.82) is 5.41 Å². The third-order valence-electron chi connectivity index (χ3n) is 5.96. The van der Waals surface area contributed by atoms with Crippen molar-refractivity contribution in [2.24, 2.45) is 11.7 Å². The Hall–Kier alpha value is -3.69. The van der Waals surface area contributed by atoms with E-state index in [1.54, 1.807) is 29.6 Å². The summed E-state index contributed by atoms with van der Waals surface area (Å²) in [6.07, 6.45) is 0.400. The molecular weight excluding hydrogens is 520 g/mol. The average Bonchev–Trinajstić information content (AvgIpc) is 3.53. The van der Waals surface area contributed by atoms with Crippen molar-refractivity contribution >= 4 is 39.2 Å². The van der Waals surface area contributed by atoms with E-state index in [0.29, 0.717) is 17.5 Å². The van der Waals surface area contributed by atoms with Crippen molar-refractivity contribution in [2.75, 3.05) is 20.6 Å². The molecule has 0 spiro atoms. The first-order valence-electron chi connectivity index (χ1n) is 11.2. The van der Waals surface area contributed by atoms with E-state index in [0.717, 1.165) is 13.3 Å². The Morgan fingerprint density at radius 1 is 1.30 bits per heavy atom. The van der Waals surface area contributed by atoms with Crippen LogP contribution in [0.2, 0.25) is 0 Å². The summed E-state index contributed by atoms with van der Waals surface area (Å²) < 4.78 is 34.0. The van der Waals surface area contributed by atoms with Gasteiger partial charge >= 0.3 is 22.1 Å². The van der Waals surface area contributed by atoms with Crippen LogP contribution in [-0.4, -0.2) is 75.1 Å². The minimum Gasteiger partial charge on any atom is -0.458 e. The van der Waals surface area contributed by atoms with Gasteiger partial charge in [-0.25, -0.2) is 9.29 Å². The summed E-state index contributed by atoms with van der Waals surface area (Å²) >= 11 is 1.23. The van der Waals surface area contributed by atoms with Gasteiger partial charge in [-0.15, -0.1) is 21.1 Å². The lowest BCUT2D eigenvalue weighted by Gasteiger charge is -2.35. The normalized spacial score (nSPS) is 18.3. The first-order chi connectivity index (χ1) is 17.5. The molecule has 0 aliphatic carbocycles. The first-order valence-corrected chi connectivity index (χ1v) is 13.5. The second-order valence-electron chi connectivity index (χ2n) is 8.69. The summed E-state index contributed by atoms with van der Waals surface area (Å²) in [5, 5.41) is 13.4. The van der Waals surface area contributed by atoms with Crippen LogP contribution < -0.4 is 10.5 Å². The molecular formula is C22H26N8O5S2. The van der Waals surface area contributed by atoms with Gasteiger partial charge in [-0.1, -0.05) is 31.2 Å². The molecule has 3 aromatic rings. The summed E-state index contributed by atoms with van der Waals surface area (Å²) in [5.41, 5.74) is 8.38. The number of carbonyl (C=O) groups excluding carboxylic acids is 2. The average molecular weight is 547 g/mol. The van der Waals surface area contributed by atoms with E-state index in [-0.39, 0.29) is 42.4 Å². The third kappa shape index (κ3) is 5.23. The van der Waals surface area contributed by atoms with Gasteiger partial charge in [0.05, 0.1) is 5.51 Å². The number of amidine groups is 1. The van der Waals surface area contributed by atoms with E-state index in [2.05, 4.69) is 15.1 Å². The van der Waals surface area contributed by atoms with Crippen molar-refractivity contribution < 1.29 is 22.7 Å². The number of hydrogen-bond acceptors (Lipinski definition) is 10. The van der Waals surface area contributed by atoms with E-state index < -0.39 is 27.9 Å². The predicted molar refractivity (Wildman–Crippen MR) is 134 cm³/mol. The molecule has 0 saturated carbocycles. The molecule has 196 valence electrons. The molecule has 1 aromatic carbocycles. The zero-order valence-electron chi connectivity index (χ0n) is 20.4. The number of aromatic nitrogens is 4. The van der Waals surface area contributed by atoms with Crippen molar-refractivity contribution in [3.63, 3.8) is 0 Å². The SMILES string of the molecule is CC1CCN(S(=O)(=O)N(C)C)C(=O)C1c1nc(OCc2ccc(C(=N)N)cc2)n(C(=O)c2cscn2)n1. The van der Waals surface area contributed by atoms with Crippen molar-refractivity contribution in [3.8, 4) is 6.01 Å². The summed E-state index contributed by atoms with van der Waals surface area (Å²) in [6, 6.07) is 6.62. The first kappa shape index (κ1) is 26.4. The molecule has 3 N–H and O–H groups in total. The van der Waals surface area contributed by atoms with Crippen molar-refractivity contribution in [3.05, 3.63) is 57.8 Å². The Kier molecular flexibility index (Phi) is 7.38. The minimum atomic E-state index is -4.00. The largest absolute Gasteiger partial charge is 0.458 e. The van der Waals surface area contributed by atoms with E-state index in [9.17, 15) is 18.0 Å². The number of nitrogens with two attached hydrogens (primary N) is 1. The van der Waals surface area contributed by atoms with Gasteiger partial charge in [0.25, 0.3) is 0 Å². The quantitative estimate of drug-likeness (QED) is 0.309. The monoisotopic (exact) mass is 546 g/mol. The van der Waals surface area contributed by atoms with Crippen LogP contribution in [0.1, 0.15) is 46.7 Å². The minimum absolute atomic E-state index is 0.00988. The molecule has 1 amide bonds. The van der Waals surface area contributed by atoms with Crippen LogP contribution in [-0.2, 0) is 21.6 Å². The number of benzene rings is 1. The maximum absolute atomic E-state index is 13.3. The van der Waals surface area contributed by atoms with E-state index in [1.165, 1.54) is 30.9 Å². The van der Waals surface area contributed by atoms with E-state index >= 15 is 0 Å². The van der Waals surface area contributed by atoms with Gasteiger partial charge < -0.3 is 10.5 Å². The number of piperidine rings is 1. The number of amides is 1. The van der Waals surface area contributed by atoms with Crippen molar-refractivity contribution in [2.45, 2.75) is 25.9 Å². The zero-order valence-corrected chi connectivity index (χ0v) is 22.0. The number of ether oxygens (including phenoxy) is 1. The van der Waals surface area contributed by atoms with Crippen LogP contribution in [0.15, 0.2) is 35.2 Å². The number of thiazole rings is 1. The Bertz CT molecular complexity index is 1420. The van der Waals surface area contributed by atoms with Gasteiger partial charge in [-0.3, -0.25) is 15.0 Å². The highest BCUT2D eigenvalue weighted by Gasteiger charge is 2.44. The Morgan fingerprint density at radius 2 is 2.00 bits per heavy atom. The number of rotatable bonds is 8. The summed E-state index contributed by atoms with van der Waals surface area (Å²) in [7, 11) is -1.30. The van der Waals surface area contributed by atoms with E-state index in [1.807, 2.05) is 6.92 Å². The fourth-order valence-corrected chi connectivity index (χ4v) is 5.41. The lowest BCUT2D eigenvalue weighted by atomic mass is 9.87. The molecule has 0 radical (unpaired) electrons. The Morgan fingerprint density at radius 3 is 2.59 bits per heavy atom. The zero-order chi connectivity index (χ0) is 26.9. The number of nitrogens with zero attached hydrogens (tertiary/aromatic N) is 6. The Balaban J connectivity index is 1.68. The van der Waals surface area contributed by atoms with Gasteiger partial charge in [0, 0.05) is 31.6 Å². The standard InChI is InChI=1S/C22H26N8O5S2/c1-13-8-9-29(37(33,34)28(2)3)21(32)17(13)19-26-22(30(27-19)20(31)16-11-36-12-25-16)35-10-14-4-6-15(7-5-14)18(23)24/h4-7,11-13,17H,8-10H2,1-3H3,(H3,23,24). The van der Waals surface area contributed by atoms with Crippen LogP contribution in [0.5, 0.6) is 6.01 Å². The molecule has 2 atom stereocenters. The van der Waals surface area contributed by atoms with Crippen LogP contribution in [0, 0.1) is 11.3 Å². The number of nitrogens with one attached hydrogen (secondary N) is 1. The third-order valence-corrected chi connectivity index (χ3v) is 8.39. The van der Waals surface area contributed by atoms with Crippen LogP contribution in [0.3, 0.4) is 0 Å². The highest BCUT2D eigenvalue weighted by atomic mass is 32.2. The predicted octanol–water partition coefficient (Wildman–Crippen LogP) is 1.04. The maximum Gasteiger partial charge on any atom is 0.323 e. The molecule has 2 aromatic heterocycles. The number of hydrogen-bond donors (Lipinski definition) is 2. The summed E-state index contributed by atoms with van der Waals surface area (Å²) in [4.78, 5) is 34.8. The fourth-order valence-electron chi connectivity index (χ4n) is 3.81. The van der Waals surface area contributed by atoms with Gasteiger partial charge in [0.15, 0.2) is 5.82 Å². The number of carbonyl (C=O) groups is 2. The maximum atomic E-state index is 13.3. The second kappa shape index (κ2) is 10.4. The molecule has 37 heavy (non-hydrogen) atoms. The molecule has 0 bridgehead atoms. The molecule has 1 fully saturated rings. The summed E-state index contributed by atoms with van der Waals surface area (Å²) in [6.45, 7) is 1.85. The van der Waals surface area contributed by atoms with Crippen LogP contribution in [0.4, 0.5) is 0 Å². The molecule has 4 rings (SSSR count). The molecule has 1 aliphatic rings. The summed E-state index contributed by atoms with van der Waals surface area (Å²) in [5.74, 6) is -2.62. The lowest BCUT2D eigenvalue weighted by molar-refractivity contribution is -0.132. The topological polar surface area (TPSA) is 177 Å². The highest BCUT2D eigenvalue weighted by Crippen LogP contribution is 2.34. The Labute approximate surface area is 217 Å². The highest BCUT2D eigenvalue weighted by molar-refractivity contribution is 7.87. The van der Waals surface area contributed by atoms with E-state index in [4.69, 9.17) is 15.9 Å². The lowest BCUT2D eigenvalue weighted by Crippen LogP contribution is -2.50. The van der Waals surface area contributed by atoms with Crippen LogP contribution >= 0.6 is 11.3 Å². The number of nitrogen functional groups attached to an aromatic ring is 1. The molecule has 3 heterocycles. The van der Waals surface area contributed by atoms with Gasteiger partial charge in [0.2, 0.25) is 5.91 Å². The molecule has 13 nitrogen and oxygen atoms in total. The van der Waals surface area contributed by atoms with Gasteiger partial charge in [0.1, 0.15) is 24.1 Å². The smallest absolute Gasteiger partial charge is 0.323 e. The van der Waals surface area contributed by atoms with Gasteiger partial charge in [-0.05, 0) is 17.9 Å². The molecule has 2 unspecified atom stereocenters. The van der Waals surface area contributed by atoms with Crippen molar-refractivity contribution in [1.82, 2.24) is 28.4 Å². The molecule has 15 heteroatoms. The van der Waals surface area contributed by atoms with Gasteiger partial charge in [-0.2, -0.15) is 17.7 Å². The fraction of sp³-hybridized carbons (Fsp3) is 0.364. The second-order valence-corrected chi connectivity index (χ2v) is 11.5. The molecule has 1 aliphatic heterocycles. The molecule has 1 saturated heterocycles. The van der Waals surface area contributed by atoms with Crippen LogP contribution in [0.25, 0.3) is 0 Å².